The summed E-state index contributed by atoms with van der Waals surface area (Å²) in [5, 5.41) is 4.34. The van der Waals surface area contributed by atoms with E-state index in [9.17, 15) is 4.79 Å². The van der Waals surface area contributed by atoms with Crippen molar-refractivity contribution in [1.29, 1.82) is 0 Å². The van der Waals surface area contributed by atoms with Gasteiger partial charge in [0.2, 0.25) is 5.91 Å². The Balaban J connectivity index is 1.33. The van der Waals surface area contributed by atoms with Crippen LogP contribution in [0.1, 0.15) is 72.7 Å². The largest absolute Gasteiger partial charge is 0.461 e. The van der Waals surface area contributed by atoms with Gasteiger partial charge in [-0.25, -0.2) is 0 Å². The van der Waals surface area contributed by atoms with E-state index in [1.165, 1.54) is 22.3 Å². The molecule has 1 aliphatic heterocycles. The van der Waals surface area contributed by atoms with Gasteiger partial charge in [0.25, 0.3) is 0 Å². The third kappa shape index (κ3) is 5.50. The second-order valence-electron chi connectivity index (χ2n) is 10.7. The fourth-order valence-corrected chi connectivity index (χ4v) is 5.46. The summed E-state index contributed by atoms with van der Waals surface area (Å²) in [4.78, 5) is 17.9. The number of hydrogen-bond acceptors (Lipinski definition) is 3. The van der Waals surface area contributed by atoms with Crippen LogP contribution in [0.3, 0.4) is 0 Å². The van der Waals surface area contributed by atoms with Crippen molar-refractivity contribution >= 4 is 22.6 Å². The van der Waals surface area contributed by atoms with Gasteiger partial charge in [0.05, 0.1) is 19.0 Å². The summed E-state index contributed by atoms with van der Waals surface area (Å²) in [6.07, 6.45) is 1.23. The molecule has 1 amide bonds. The lowest BCUT2D eigenvalue weighted by Crippen LogP contribution is -2.31. The summed E-state index contributed by atoms with van der Waals surface area (Å²) >= 11 is 0. The molecule has 0 saturated carbocycles. The first-order valence-corrected chi connectivity index (χ1v) is 13.4. The Morgan fingerprint density at radius 2 is 1.76 bits per heavy atom. The zero-order valence-corrected chi connectivity index (χ0v) is 23.0. The molecule has 5 rings (SSSR count). The Bertz CT molecular complexity index is 1540. The van der Waals surface area contributed by atoms with E-state index >= 15 is 0 Å². The minimum absolute atomic E-state index is 0.00586. The Hall–Kier alpha value is -3.92. The molecule has 1 aliphatic rings. The molecule has 3 aromatic carbocycles. The standard InChI is InChI=1S/C34H36N2O2/c1-21-11-13-29(22(2)15-21)34(27-9-7-6-8-10-27)36-33(37)18-26-12-14-31-28(17-26)19-32(38-31)23(3)16-30-24(4)20-35-25(30)5/h6-15,17,19,23,34H,16,18,20H2,1-5H3,(H,36,37). The van der Waals surface area contributed by atoms with Crippen LogP contribution in [0.4, 0.5) is 0 Å². The van der Waals surface area contributed by atoms with Gasteiger partial charge in [-0.05, 0) is 85.7 Å². The van der Waals surface area contributed by atoms with Gasteiger partial charge in [-0.2, -0.15) is 0 Å². The average molecular weight is 505 g/mol. The van der Waals surface area contributed by atoms with Gasteiger partial charge in [-0.3, -0.25) is 9.79 Å². The maximum Gasteiger partial charge on any atom is 0.225 e. The number of allylic oxidation sites excluding steroid dienone is 1. The van der Waals surface area contributed by atoms with E-state index in [1.54, 1.807) is 0 Å². The zero-order chi connectivity index (χ0) is 26.8. The lowest BCUT2D eigenvalue weighted by atomic mass is 9.93. The first kappa shape index (κ1) is 25.7. The number of benzene rings is 3. The molecule has 0 bridgehead atoms. The summed E-state index contributed by atoms with van der Waals surface area (Å²) in [5.74, 6) is 1.22. The van der Waals surface area contributed by atoms with Crippen LogP contribution in [0.15, 0.2) is 93.4 Å². The van der Waals surface area contributed by atoms with Crippen LogP contribution in [0.5, 0.6) is 0 Å². The molecule has 0 saturated heterocycles. The van der Waals surface area contributed by atoms with Crippen LogP contribution in [0.2, 0.25) is 0 Å². The van der Waals surface area contributed by atoms with Gasteiger partial charge < -0.3 is 9.73 Å². The average Bonchev–Trinajstić information content (AvgIpc) is 3.46. The van der Waals surface area contributed by atoms with Crippen molar-refractivity contribution in [2.45, 2.75) is 59.4 Å². The second kappa shape index (κ2) is 10.8. The first-order chi connectivity index (χ1) is 18.3. The number of furan rings is 1. The maximum absolute atomic E-state index is 13.3. The highest BCUT2D eigenvalue weighted by Gasteiger charge is 2.21. The monoisotopic (exact) mass is 504 g/mol. The van der Waals surface area contributed by atoms with Crippen molar-refractivity contribution in [1.82, 2.24) is 5.32 Å². The van der Waals surface area contributed by atoms with Crippen LogP contribution in [0.25, 0.3) is 11.0 Å². The molecule has 38 heavy (non-hydrogen) atoms. The van der Waals surface area contributed by atoms with E-state index in [1.807, 2.05) is 30.3 Å². The molecule has 4 nitrogen and oxygen atoms in total. The Morgan fingerprint density at radius 1 is 0.974 bits per heavy atom. The Kier molecular flexibility index (Phi) is 7.33. The quantitative estimate of drug-likeness (QED) is 0.266. The lowest BCUT2D eigenvalue weighted by molar-refractivity contribution is -0.120. The van der Waals surface area contributed by atoms with E-state index < -0.39 is 0 Å². The van der Waals surface area contributed by atoms with Crippen molar-refractivity contribution in [3.05, 3.63) is 118 Å². The number of aliphatic imine (C=N–C) groups is 1. The molecule has 0 spiro atoms. The lowest BCUT2D eigenvalue weighted by Gasteiger charge is -2.22. The molecule has 1 N–H and O–H groups in total. The number of nitrogens with zero attached hydrogens (tertiary/aromatic N) is 1. The van der Waals surface area contributed by atoms with Crippen LogP contribution < -0.4 is 5.32 Å². The van der Waals surface area contributed by atoms with Crippen LogP contribution >= 0.6 is 0 Å². The van der Waals surface area contributed by atoms with Gasteiger partial charge in [0.15, 0.2) is 0 Å². The summed E-state index contributed by atoms with van der Waals surface area (Å²) < 4.78 is 6.21. The number of rotatable bonds is 8. The second-order valence-corrected chi connectivity index (χ2v) is 10.7. The Morgan fingerprint density at radius 3 is 2.47 bits per heavy atom. The van der Waals surface area contributed by atoms with Crippen LogP contribution in [0, 0.1) is 13.8 Å². The third-order valence-corrected chi connectivity index (χ3v) is 7.64. The van der Waals surface area contributed by atoms with Crippen molar-refractivity contribution in [2.24, 2.45) is 4.99 Å². The number of fused-ring (bicyclic) bond motifs is 1. The third-order valence-electron chi connectivity index (χ3n) is 7.64. The molecule has 4 aromatic rings. The fourth-order valence-electron chi connectivity index (χ4n) is 5.46. The highest BCUT2D eigenvalue weighted by atomic mass is 16.3. The number of carbonyl (C=O) groups excluding carboxylic acids is 1. The summed E-state index contributed by atoms with van der Waals surface area (Å²) in [6.45, 7) is 11.5. The minimum Gasteiger partial charge on any atom is -0.461 e. The SMILES string of the molecule is CC1=NCC(C)=C1CC(C)c1cc2cc(CC(=O)NC(c3ccccc3)c3ccc(C)cc3C)ccc2o1. The molecular weight excluding hydrogens is 468 g/mol. The molecule has 2 heterocycles. The number of aryl methyl sites for hydroxylation is 2. The highest BCUT2D eigenvalue weighted by molar-refractivity contribution is 6.00. The van der Waals surface area contributed by atoms with Crippen LogP contribution in [-0.2, 0) is 11.2 Å². The maximum atomic E-state index is 13.3. The molecule has 1 aromatic heterocycles. The van der Waals surface area contributed by atoms with Gasteiger partial charge in [0, 0.05) is 17.0 Å². The minimum atomic E-state index is -0.199. The van der Waals surface area contributed by atoms with E-state index in [4.69, 9.17) is 4.42 Å². The molecular formula is C34H36N2O2. The number of nitrogens with one attached hydrogen (secondary N) is 1. The number of hydrogen-bond donors (Lipinski definition) is 1. The smallest absolute Gasteiger partial charge is 0.225 e. The van der Waals surface area contributed by atoms with Crippen molar-refractivity contribution in [3.63, 3.8) is 0 Å². The summed E-state index contributed by atoms with van der Waals surface area (Å²) in [6, 6.07) is 24.6. The molecule has 0 aliphatic carbocycles. The predicted molar refractivity (Wildman–Crippen MR) is 156 cm³/mol. The van der Waals surface area contributed by atoms with Gasteiger partial charge >= 0.3 is 0 Å². The van der Waals surface area contributed by atoms with E-state index in [0.29, 0.717) is 6.42 Å². The number of amides is 1. The van der Waals surface area contributed by atoms with Crippen molar-refractivity contribution in [3.8, 4) is 0 Å². The Labute approximate surface area is 225 Å². The van der Waals surface area contributed by atoms with Gasteiger partial charge in [-0.15, -0.1) is 0 Å². The summed E-state index contributed by atoms with van der Waals surface area (Å²) in [7, 11) is 0. The molecule has 2 atom stereocenters. The molecule has 0 fully saturated rings. The molecule has 0 radical (unpaired) electrons. The highest BCUT2D eigenvalue weighted by Crippen LogP contribution is 2.32. The normalized spacial score (nSPS) is 15.0. The van der Waals surface area contributed by atoms with E-state index in [-0.39, 0.29) is 17.9 Å². The van der Waals surface area contributed by atoms with Gasteiger partial charge in [-0.1, -0.05) is 67.1 Å². The van der Waals surface area contributed by atoms with E-state index in [2.05, 4.69) is 87.4 Å². The molecule has 194 valence electrons. The summed E-state index contributed by atoms with van der Waals surface area (Å²) in [5.41, 5.74) is 10.3. The van der Waals surface area contributed by atoms with Crippen molar-refractivity contribution in [2.75, 3.05) is 6.54 Å². The van der Waals surface area contributed by atoms with Crippen molar-refractivity contribution < 1.29 is 9.21 Å². The predicted octanol–water partition coefficient (Wildman–Crippen LogP) is 7.78. The number of carbonyl (C=O) groups is 1. The van der Waals surface area contributed by atoms with Gasteiger partial charge in [0.1, 0.15) is 11.3 Å². The molecule has 2 unspecified atom stereocenters. The van der Waals surface area contributed by atoms with Crippen LogP contribution in [-0.4, -0.2) is 18.2 Å². The zero-order valence-electron chi connectivity index (χ0n) is 23.0. The van der Waals surface area contributed by atoms with E-state index in [0.717, 1.165) is 52.1 Å². The topological polar surface area (TPSA) is 54.6 Å². The fraction of sp³-hybridized carbons (Fsp3) is 0.294. The first-order valence-electron chi connectivity index (χ1n) is 13.4. The molecule has 4 heteroatoms.